The number of carbonyl (C=O) groups is 2. The summed E-state index contributed by atoms with van der Waals surface area (Å²) in [5, 5.41) is 3.03. The molecule has 0 saturated heterocycles. The van der Waals surface area contributed by atoms with Crippen LogP contribution in [0.5, 0.6) is 11.5 Å². The van der Waals surface area contributed by atoms with E-state index in [0.717, 1.165) is 5.69 Å². The van der Waals surface area contributed by atoms with Crippen molar-refractivity contribution in [3.05, 3.63) is 83.9 Å². The highest BCUT2D eigenvalue weighted by Gasteiger charge is 2.27. The molecule has 0 aliphatic carbocycles. The number of amides is 1. The van der Waals surface area contributed by atoms with E-state index >= 15 is 0 Å². The van der Waals surface area contributed by atoms with Gasteiger partial charge < -0.3 is 29.8 Å². The molecule has 0 fully saturated rings. The van der Waals surface area contributed by atoms with Crippen molar-refractivity contribution in [1.29, 1.82) is 0 Å². The van der Waals surface area contributed by atoms with E-state index in [0.29, 0.717) is 34.8 Å². The third-order valence-corrected chi connectivity index (χ3v) is 5.27. The number of hydrogen-bond donors (Lipinski definition) is 2. The summed E-state index contributed by atoms with van der Waals surface area (Å²) < 4.78 is 17.3. The lowest BCUT2D eigenvalue weighted by molar-refractivity contribution is -0.116. The number of pyridine rings is 2. The molecule has 0 spiro atoms. The molecule has 10 heteroatoms. The molecule has 0 aliphatic rings. The van der Waals surface area contributed by atoms with Crippen LogP contribution in [0.2, 0.25) is 0 Å². The molecule has 0 aliphatic heterocycles. The lowest BCUT2D eigenvalue weighted by Crippen LogP contribution is -2.30. The maximum absolute atomic E-state index is 13.4. The van der Waals surface area contributed by atoms with Crippen molar-refractivity contribution in [2.45, 2.75) is 13.5 Å². The number of methoxy groups -OCH3 is 3. The van der Waals surface area contributed by atoms with Crippen LogP contribution in [0.4, 0.5) is 0 Å². The summed E-state index contributed by atoms with van der Waals surface area (Å²) in [6.45, 7) is 5.77. The van der Waals surface area contributed by atoms with E-state index in [1.165, 1.54) is 32.6 Å². The first-order valence-corrected chi connectivity index (χ1v) is 10.5. The lowest BCUT2D eigenvalue weighted by Gasteiger charge is -2.09. The zero-order valence-electron chi connectivity index (χ0n) is 20.0. The van der Waals surface area contributed by atoms with Crippen LogP contribution in [-0.4, -0.2) is 47.6 Å². The molecule has 0 unspecified atom stereocenters. The van der Waals surface area contributed by atoms with Gasteiger partial charge in [0.15, 0.2) is 0 Å². The summed E-state index contributed by atoms with van der Waals surface area (Å²) in [6.07, 6.45) is 7.26. The van der Waals surface area contributed by atoms with Crippen molar-refractivity contribution in [2.75, 3.05) is 21.3 Å². The Balaban J connectivity index is 2.05. The first-order valence-electron chi connectivity index (χ1n) is 10.5. The topological polar surface area (TPSA) is 131 Å². The first-order chi connectivity index (χ1) is 16.8. The van der Waals surface area contributed by atoms with Crippen LogP contribution in [0.3, 0.4) is 0 Å². The van der Waals surface area contributed by atoms with E-state index in [9.17, 15) is 9.59 Å². The average Bonchev–Trinajstić information content (AvgIpc) is 3.14. The quantitative estimate of drug-likeness (QED) is 0.197. The van der Waals surface area contributed by atoms with Gasteiger partial charge in [-0.3, -0.25) is 14.6 Å². The lowest BCUT2D eigenvalue weighted by atomic mass is 10.1. The zero-order valence-corrected chi connectivity index (χ0v) is 20.0. The minimum Gasteiger partial charge on any atom is -0.497 e. The Bertz CT molecular complexity index is 1320. The average molecular weight is 478 g/mol. The number of hydrogen-bond acceptors (Lipinski definition) is 8. The monoisotopic (exact) mass is 477 g/mol. The fourth-order valence-electron chi connectivity index (χ4n) is 3.47. The van der Waals surface area contributed by atoms with Gasteiger partial charge in [-0.2, -0.15) is 0 Å². The molecule has 182 valence electrons. The summed E-state index contributed by atoms with van der Waals surface area (Å²) >= 11 is 0. The van der Waals surface area contributed by atoms with Gasteiger partial charge in [-0.1, -0.05) is 6.58 Å². The fraction of sp³-hybridized carbons (Fsp3) is 0.200. The van der Waals surface area contributed by atoms with Crippen LogP contribution in [0.1, 0.15) is 21.7 Å². The number of carbonyl (C=O) groups excluding carboxylic acids is 2. The maximum Gasteiger partial charge on any atom is 0.296 e. The number of nitrogens with one attached hydrogen (secondary N) is 1. The Hall–Kier alpha value is -4.60. The molecule has 3 aromatic rings. The maximum atomic E-state index is 13.4. The zero-order chi connectivity index (χ0) is 25.5. The smallest absolute Gasteiger partial charge is 0.296 e. The molecular weight excluding hydrogens is 450 g/mol. The highest BCUT2D eigenvalue weighted by Crippen LogP contribution is 2.29. The number of rotatable bonds is 10. The predicted molar refractivity (Wildman–Crippen MR) is 131 cm³/mol. The summed E-state index contributed by atoms with van der Waals surface area (Å²) in [4.78, 5) is 35.2. The van der Waals surface area contributed by atoms with E-state index in [2.05, 4.69) is 21.9 Å². The standard InChI is InChI=1S/C25H27N5O5/c1-15(33-3)10-17(8-9-26)29-25(32)23(31)22-16(2)30(14-18-6-7-19(34-4)12-27-18)24-21(22)11-20(35-5)13-28-24/h6-13H,1,14,26H2,2-5H3,(H,29,32)/b9-8-,17-10+. The second-order valence-corrected chi connectivity index (χ2v) is 7.39. The van der Waals surface area contributed by atoms with Crippen molar-refractivity contribution in [1.82, 2.24) is 19.9 Å². The van der Waals surface area contributed by atoms with Crippen LogP contribution >= 0.6 is 0 Å². The van der Waals surface area contributed by atoms with Gasteiger partial charge in [0.25, 0.3) is 11.7 Å². The van der Waals surface area contributed by atoms with Crippen molar-refractivity contribution < 1.29 is 23.8 Å². The second kappa shape index (κ2) is 11.0. The molecule has 3 aromatic heterocycles. The van der Waals surface area contributed by atoms with Gasteiger partial charge in [-0.25, -0.2) is 4.98 Å². The van der Waals surface area contributed by atoms with Crippen LogP contribution < -0.4 is 20.5 Å². The van der Waals surface area contributed by atoms with Crippen molar-refractivity contribution in [2.24, 2.45) is 5.73 Å². The van der Waals surface area contributed by atoms with Crippen molar-refractivity contribution in [3.8, 4) is 11.5 Å². The Morgan fingerprint density at radius 3 is 2.46 bits per heavy atom. The molecule has 0 aromatic carbocycles. The number of ether oxygens (including phenoxy) is 3. The molecular formula is C25H27N5O5. The van der Waals surface area contributed by atoms with Gasteiger partial charge in [0.1, 0.15) is 22.9 Å². The van der Waals surface area contributed by atoms with Crippen LogP contribution in [0, 0.1) is 6.92 Å². The Kier molecular flexibility index (Phi) is 7.88. The molecule has 10 nitrogen and oxygen atoms in total. The Morgan fingerprint density at radius 2 is 1.86 bits per heavy atom. The van der Waals surface area contributed by atoms with E-state index in [-0.39, 0.29) is 17.0 Å². The van der Waals surface area contributed by atoms with Crippen LogP contribution in [0.15, 0.2) is 67.0 Å². The molecule has 0 saturated carbocycles. The molecule has 3 rings (SSSR count). The first kappa shape index (κ1) is 25.0. The van der Waals surface area contributed by atoms with Crippen LogP contribution in [0.25, 0.3) is 11.0 Å². The summed E-state index contributed by atoms with van der Waals surface area (Å²) in [5.41, 5.74) is 7.72. The van der Waals surface area contributed by atoms with Gasteiger partial charge in [-0.15, -0.1) is 0 Å². The van der Waals surface area contributed by atoms with Gasteiger partial charge in [0.05, 0.1) is 51.5 Å². The normalized spacial score (nSPS) is 11.5. The molecule has 0 radical (unpaired) electrons. The molecule has 0 atom stereocenters. The number of Topliss-reactive ketones (excluding diaryl/α,β-unsaturated/α-hetero) is 1. The molecule has 0 bridgehead atoms. The largest absolute Gasteiger partial charge is 0.497 e. The molecule has 3 N–H and O–H groups in total. The van der Waals surface area contributed by atoms with E-state index in [1.807, 2.05) is 10.6 Å². The van der Waals surface area contributed by atoms with E-state index in [1.54, 1.807) is 38.6 Å². The molecule has 3 heterocycles. The fourth-order valence-corrected chi connectivity index (χ4v) is 3.47. The van der Waals surface area contributed by atoms with Gasteiger partial charge in [0.2, 0.25) is 0 Å². The number of fused-ring (bicyclic) bond motifs is 1. The van der Waals surface area contributed by atoms with Gasteiger partial charge in [-0.05, 0) is 37.4 Å². The van der Waals surface area contributed by atoms with E-state index < -0.39 is 11.7 Å². The van der Waals surface area contributed by atoms with Crippen molar-refractivity contribution >= 4 is 22.7 Å². The van der Waals surface area contributed by atoms with Crippen LogP contribution in [-0.2, 0) is 16.1 Å². The van der Waals surface area contributed by atoms with Gasteiger partial charge >= 0.3 is 0 Å². The summed E-state index contributed by atoms with van der Waals surface area (Å²) in [5.74, 6) is -0.242. The van der Waals surface area contributed by atoms with E-state index in [4.69, 9.17) is 19.9 Å². The number of nitrogens with zero attached hydrogens (tertiary/aromatic N) is 3. The SMILES string of the molecule is C=C(/C=C(\C=C/N)NC(=O)C(=O)c1c(C)n(Cc2ccc(OC)cn2)c2ncc(OC)cc12)OC. The predicted octanol–water partition coefficient (Wildman–Crippen LogP) is 2.62. The third kappa shape index (κ3) is 5.49. The highest BCUT2D eigenvalue weighted by molar-refractivity contribution is 6.45. The number of allylic oxidation sites excluding steroid dienone is 2. The highest BCUT2D eigenvalue weighted by atomic mass is 16.5. The summed E-state index contributed by atoms with van der Waals surface area (Å²) in [6, 6.07) is 5.30. The van der Waals surface area contributed by atoms with Gasteiger partial charge in [0, 0.05) is 22.9 Å². The number of aromatic nitrogens is 3. The number of nitrogens with two attached hydrogens (primary N) is 1. The minimum atomic E-state index is -0.856. The number of ketones is 1. The second-order valence-electron chi connectivity index (χ2n) is 7.39. The molecule has 35 heavy (non-hydrogen) atoms. The summed E-state index contributed by atoms with van der Waals surface area (Å²) in [7, 11) is 4.50. The Labute approximate surface area is 202 Å². The Morgan fingerprint density at radius 1 is 1.14 bits per heavy atom. The minimum absolute atomic E-state index is 0.207. The third-order valence-electron chi connectivity index (χ3n) is 5.27. The van der Waals surface area contributed by atoms with Crippen molar-refractivity contribution in [3.63, 3.8) is 0 Å². The molecule has 1 amide bonds.